The number of halogens is 1. The van der Waals surface area contributed by atoms with Gasteiger partial charge in [-0.15, -0.1) is 0 Å². The number of carbonyl (C=O) groups excluding carboxylic acids is 1. The molecule has 1 amide bonds. The Morgan fingerprint density at radius 2 is 1.56 bits per heavy atom. The molecule has 0 atom stereocenters. The summed E-state index contributed by atoms with van der Waals surface area (Å²) < 4.78 is 33.0. The number of amides is 1. The Labute approximate surface area is 161 Å². The van der Waals surface area contributed by atoms with Crippen LogP contribution in [0.1, 0.15) is 10.4 Å². The second-order valence-corrected chi connectivity index (χ2v) is 7.64. The molecule has 3 aromatic carbocycles. The highest BCUT2D eigenvalue weighted by atomic mass is 35.5. The summed E-state index contributed by atoms with van der Waals surface area (Å²) in [6.45, 7) is 0. The lowest BCUT2D eigenvalue weighted by Gasteiger charge is -2.10. The molecule has 0 aliphatic heterocycles. The lowest BCUT2D eigenvalue weighted by Crippen LogP contribution is -2.14. The molecule has 0 aliphatic rings. The van der Waals surface area contributed by atoms with E-state index in [-0.39, 0.29) is 10.5 Å². The highest BCUT2D eigenvalue weighted by Gasteiger charge is 2.15. The van der Waals surface area contributed by atoms with Gasteiger partial charge < -0.3 is 10.5 Å². The van der Waals surface area contributed by atoms with Crippen LogP contribution < -0.4 is 15.2 Å². The van der Waals surface area contributed by atoms with Crippen molar-refractivity contribution in [3.8, 4) is 11.5 Å². The number of hydrogen-bond acceptors (Lipinski definition) is 4. The molecule has 0 unspecified atom stereocenters. The highest BCUT2D eigenvalue weighted by Crippen LogP contribution is 2.29. The molecule has 138 valence electrons. The largest absolute Gasteiger partial charge is 0.456 e. The summed E-state index contributed by atoms with van der Waals surface area (Å²) in [5.74, 6) is 0.389. The topological polar surface area (TPSA) is 98.5 Å². The van der Waals surface area contributed by atoms with Crippen molar-refractivity contribution in [2.75, 3.05) is 4.72 Å². The average Bonchev–Trinajstić information content (AvgIpc) is 2.65. The van der Waals surface area contributed by atoms with Gasteiger partial charge in [0.05, 0.1) is 9.92 Å². The Bertz CT molecular complexity index is 1070. The van der Waals surface area contributed by atoms with E-state index in [0.29, 0.717) is 22.2 Å². The summed E-state index contributed by atoms with van der Waals surface area (Å²) in [7, 11) is -3.80. The van der Waals surface area contributed by atoms with Crippen LogP contribution in [0.3, 0.4) is 0 Å². The maximum atomic E-state index is 12.4. The molecule has 0 aliphatic carbocycles. The molecule has 0 fully saturated rings. The van der Waals surface area contributed by atoms with Gasteiger partial charge in [-0.25, -0.2) is 8.42 Å². The summed E-state index contributed by atoms with van der Waals surface area (Å²) in [6, 6.07) is 18.8. The van der Waals surface area contributed by atoms with E-state index in [1.54, 1.807) is 48.5 Å². The van der Waals surface area contributed by atoms with E-state index in [1.165, 1.54) is 24.3 Å². The van der Waals surface area contributed by atoms with E-state index >= 15 is 0 Å². The van der Waals surface area contributed by atoms with Crippen LogP contribution in [0.25, 0.3) is 0 Å². The Kier molecular flexibility index (Phi) is 5.34. The summed E-state index contributed by atoms with van der Waals surface area (Å²) in [4.78, 5) is 11.1. The maximum Gasteiger partial charge on any atom is 0.261 e. The minimum absolute atomic E-state index is 0.0175. The number of carbonyl (C=O) groups is 1. The molecule has 3 rings (SSSR count). The van der Waals surface area contributed by atoms with Crippen LogP contribution in [0, 0.1) is 0 Å². The van der Waals surface area contributed by atoms with E-state index in [1.807, 2.05) is 0 Å². The molecule has 0 spiro atoms. The van der Waals surface area contributed by atoms with Crippen LogP contribution in [0.4, 0.5) is 5.69 Å². The van der Waals surface area contributed by atoms with Gasteiger partial charge >= 0.3 is 0 Å². The van der Waals surface area contributed by atoms with Gasteiger partial charge in [0.25, 0.3) is 10.0 Å². The standard InChI is InChI=1S/C19H15ClN2O4S/c20-17-3-1-2-4-18(17)26-15-9-7-14(8-10-15)22-27(24,25)16-11-5-13(6-12-16)19(21)23/h1-12,22H,(H2,21,23). The van der Waals surface area contributed by atoms with Gasteiger partial charge in [0.15, 0.2) is 0 Å². The number of benzene rings is 3. The Morgan fingerprint density at radius 1 is 0.926 bits per heavy atom. The number of rotatable bonds is 6. The van der Waals surface area contributed by atoms with Crippen molar-refractivity contribution in [1.29, 1.82) is 0 Å². The molecule has 0 radical (unpaired) electrons. The summed E-state index contributed by atoms with van der Waals surface area (Å²) in [6.07, 6.45) is 0. The molecule has 0 saturated heterocycles. The van der Waals surface area contributed by atoms with E-state index in [2.05, 4.69) is 4.72 Å². The van der Waals surface area contributed by atoms with Crippen LogP contribution in [-0.2, 0) is 10.0 Å². The number of nitrogens with one attached hydrogen (secondary N) is 1. The molecule has 0 saturated carbocycles. The van der Waals surface area contributed by atoms with Crippen LogP contribution in [-0.4, -0.2) is 14.3 Å². The van der Waals surface area contributed by atoms with Gasteiger partial charge in [0.2, 0.25) is 5.91 Å². The van der Waals surface area contributed by atoms with Crippen molar-refractivity contribution in [3.05, 3.63) is 83.4 Å². The van der Waals surface area contributed by atoms with Crippen molar-refractivity contribution in [2.24, 2.45) is 5.73 Å². The number of primary amides is 1. The summed E-state index contributed by atoms with van der Waals surface area (Å²) in [5, 5.41) is 0.474. The molecule has 0 aromatic heterocycles. The van der Waals surface area contributed by atoms with Gasteiger partial charge in [-0.05, 0) is 60.7 Å². The number of para-hydroxylation sites is 1. The van der Waals surface area contributed by atoms with Crippen molar-refractivity contribution in [2.45, 2.75) is 4.90 Å². The minimum Gasteiger partial charge on any atom is -0.456 e. The normalized spacial score (nSPS) is 11.0. The molecule has 8 heteroatoms. The third-order valence-corrected chi connectivity index (χ3v) is 5.33. The minimum atomic E-state index is -3.80. The van der Waals surface area contributed by atoms with Gasteiger partial charge in [-0.1, -0.05) is 23.7 Å². The molecule has 0 bridgehead atoms. The van der Waals surface area contributed by atoms with Gasteiger partial charge in [-0.3, -0.25) is 9.52 Å². The first kappa shape index (κ1) is 18.8. The van der Waals surface area contributed by atoms with Crippen LogP contribution in [0.15, 0.2) is 77.7 Å². The third-order valence-electron chi connectivity index (χ3n) is 3.62. The third kappa shape index (κ3) is 4.58. The predicted molar refractivity (Wildman–Crippen MR) is 104 cm³/mol. The second-order valence-electron chi connectivity index (χ2n) is 5.55. The first-order valence-electron chi connectivity index (χ1n) is 7.80. The SMILES string of the molecule is NC(=O)c1ccc(S(=O)(=O)Nc2ccc(Oc3ccccc3Cl)cc2)cc1. The number of sulfonamides is 1. The summed E-state index contributed by atoms with van der Waals surface area (Å²) in [5.41, 5.74) is 5.74. The lowest BCUT2D eigenvalue weighted by molar-refractivity contribution is 0.1000. The van der Waals surface area contributed by atoms with Gasteiger partial charge in [0, 0.05) is 11.3 Å². The fourth-order valence-corrected chi connectivity index (χ4v) is 3.49. The number of nitrogens with two attached hydrogens (primary N) is 1. The zero-order chi connectivity index (χ0) is 19.4. The van der Waals surface area contributed by atoms with Gasteiger partial charge in [-0.2, -0.15) is 0 Å². The molecular weight excluding hydrogens is 388 g/mol. The highest BCUT2D eigenvalue weighted by molar-refractivity contribution is 7.92. The predicted octanol–water partition coefficient (Wildman–Crippen LogP) is 4.03. The molecular formula is C19H15ClN2O4S. The molecule has 3 aromatic rings. The fourth-order valence-electron chi connectivity index (χ4n) is 2.26. The number of ether oxygens (including phenoxy) is 1. The smallest absolute Gasteiger partial charge is 0.261 e. The molecule has 27 heavy (non-hydrogen) atoms. The zero-order valence-electron chi connectivity index (χ0n) is 13.9. The van der Waals surface area contributed by atoms with E-state index in [9.17, 15) is 13.2 Å². The van der Waals surface area contributed by atoms with Crippen LogP contribution in [0.2, 0.25) is 5.02 Å². The Balaban J connectivity index is 1.73. The molecule has 6 nitrogen and oxygen atoms in total. The Hall–Kier alpha value is -3.03. The second kappa shape index (κ2) is 7.69. The van der Waals surface area contributed by atoms with Crippen LogP contribution in [0.5, 0.6) is 11.5 Å². The van der Waals surface area contributed by atoms with Crippen molar-refractivity contribution in [1.82, 2.24) is 0 Å². The average molecular weight is 403 g/mol. The maximum absolute atomic E-state index is 12.4. The first-order valence-corrected chi connectivity index (χ1v) is 9.66. The van der Waals surface area contributed by atoms with Crippen LogP contribution >= 0.6 is 11.6 Å². The van der Waals surface area contributed by atoms with E-state index < -0.39 is 15.9 Å². The lowest BCUT2D eigenvalue weighted by atomic mass is 10.2. The molecule has 0 heterocycles. The van der Waals surface area contributed by atoms with Crippen molar-refractivity contribution in [3.63, 3.8) is 0 Å². The fraction of sp³-hybridized carbons (Fsp3) is 0. The van der Waals surface area contributed by atoms with Crippen molar-refractivity contribution < 1.29 is 17.9 Å². The van der Waals surface area contributed by atoms with Crippen molar-refractivity contribution >= 4 is 33.2 Å². The Morgan fingerprint density at radius 3 is 2.15 bits per heavy atom. The van der Waals surface area contributed by atoms with E-state index in [4.69, 9.17) is 22.1 Å². The molecule has 3 N–H and O–H groups in total. The number of anilines is 1. The van der Waals surface area contributed by atoms with E-state index in [0.717, 1.165) is 0 Å². The monoisotopic (exact) mass is 402 g/mol. The first-order chi connectivity index (χ1) is 12.8. The van der Waals surface area contributed by atoms with Gasteiger partial charge in [0.1, 0.15) is 11.5 Å². The number of hydrogen-bond donors (Lipinski definition) is 2. The quantitative estimate of drug-likeness (QED) is 0.650. The summed E-state index contributed by atoms with van der Waals surface area (Å²) >= 11 is 6.05. The zero-order valence-corrected chi connectivity index (χ0v) is 15.5.